The van der Waals surface area contributed by atoms with E-state index in [2.05, 4.69) is 0 Å². The maximum absolute atomic E-state index is 12.2. The Morgan fingerprint density at radius 1 is 1.04 bits per heavy atom. The van der Waals surface area contributed by atoms with E-state index in [0.717, 1.165) is 0 Å². The predicted molar refractivity (Wildman–Crippen MR) is 91.6 cm³/mol. The highest BCUT2D eigenvalue weighted by Crippen LogP contribution is 2.42. The maximum Gasteiger partial charge on any atom is 0.303 e. The Balaban J connectivity index is 1.81. The highest BCUT2D eigenvalue weighted by atomic mass is 16.8. The first-order valence-corrected chi connectivity index (χ1v) is 9.11. The number of carbonyl (C=O) groups is 2. The smallest absolute Gasteiger partial charge is 0.303 e. The van der Waals surface area contributed by atoms with E-state index >= 15 is 0 Å². The van der Waals surface area contributed by atoms with Crippen LogP contribution >= 0.6 is 0 Å². The van der Waals surface area contributed by atoms with Gasteiger partial charge in [0.1, 0.15) is 24.4 Å². The molecule has 1 amide bonds. The van der Waals surface area contributed by atoms with Crippen molar-refractivity contribution in [3.63, 3.8) is 0 Å². The van der Waals surface area contributed by atoms with Crippen molar-refractivity contribution in [2.45, 2.75) is 82.8 Å². The third kappa shape index (κ3) is 4.43. The van der Waals surface area contributed by atoms with E-state index in [1.165, 1.54) is 11.8 Å². The summed E-state index contributed by atoms with van der Waals surface area (Å²) < 4.78 is 34.8. The Kier molecular flexibility index (Phi) is 5.28. The molecule has 0 aliphatic carbocycles. The molecule has 3 aliphatic rings. The Labute approximate surface area is 159 Å². The molecule has 0 aromatic heterocycles. The topological polar surface area (TPSA) is 96.1 Å². The third-order valence-electron chi connectivity index (χ3n) is 4.72. The molecule has 0 unspecified atom stereocenters. The van der Waals surface area contributed by atoms with Gasteiger partial charge in [0.25, 0.3) is 5.91 Å². The van der Waals surface area contributed by atoms with Gasteiger partial charge < -0.3 is 33.3 Å². The molecule has 6 atom stereocenters. The summed E-state index contributed by atoms with van der Waals surface area (Å²) in [5, 5.41) is 0. The molecule has 0 aromatic rings. The number of ether oxygens (including phenoxy) is 6. The zero-order valence-corrected chi connectivity index (χ0v) is 16.9. The first-order chi connectivity index (χ1) is 12.4. The molecule has 3 aliphatic heterocycles. The summed E-state index contributed by atoms with van der Waals surface area (Å²) in [6.45, 7) is 8.71. The van der Waals surface area contributed by atoms with Crippen molar-refractivity contribution in [3.8, 4) is 0 Å². The van der Waals surface area contributed by atoms with Gasteiger partial charge in [0.15, 0.2) is 23.8 Å². The van der Waals surface area contributed by atoms with Crippen LogP contribution in [0.15, 0.2) is 0 Å². The van der Waals surface area contributed by atoms with Crippen LogP contribution in [0.5, 0.6) is 0 Å². The molecule has 0 aromatic carbocycles. The van der Waals surface area contributed by atoms with Gasteiger partial charge >= 0.3 is 5.97 Å². The molecule has 9 nitrogen and oxygen atoms in total. The summed E-state index contributed by atoms with van der Waals surface area (Å²) >= 11 is 0. The highest BCUT2D eigenvalue weighted by Gasteiger charge is 2.62. The van der Waals surface area contributed by atoms with Crippen molar-refractivity contribution in [1.29, 1.82) is 0 Å². The lowest BCUT2D eigenvalue weighted by molar-refractivity contribution is -0.193. The van der Waals surface area contributed by atoms with Gasteiger partial charge in [-0.1, -0.05) is 0 Å². The van der Waals surface area contributed by atoms with E-state index in [1.54, 1.807) is 41.8 Å². The molecule has 9 heteroatoms. The van der Waals surface area contributed by atoms with Gasteiger partial charge in [-0.05, 0) is 27.7 Å². The molecule has 3 fully saturated rings. The number of carbonyl (C=O) groups excluding carboxylic acids is 2. The zero-order chi connectivity index (χ0) is 20.1. The van der Waals surface area contributed by atoms with Crippen LogP contribution in [0.1, 0.15) is 34.6 Å². The summed E-state index contributed by atoms with van der Waals surface area (Å²) in [6.07, 6.45) is -3.58. The number of likely N-dealkylation sites (N-methyl/N-ethyl adjacent to an activating group) is 1. The fourth-order valence-corrected chi connectivity index (χ4v) is 3.58. The molecular weight excluding hydrogens is 358 g/mol. The van der Waals surface area contributed by atoms with Crippen molar-refractivity contribution >= 4 is 11.9 Å². The lowest BCUT2D eigenvalue weighted by atomic mass is 9.99. The van der Waals surface area contributed by atoms with Crippen LogP contribution in [-0.4, -0.2) is 85.7 Å². The van der Waals surface area contributed by atoms with Crippen LogP contribution in [0.3, 0.4) is 0 Å². The van der Waals surface area contributed by atoms with Crippen molar-refractivity contribution in [2.24, 2.45) is 0 Å². The van der Waals surface area contributed by atoms with Crippen LogP contribution in [0.2, 0.25) is 0 Å². The predicted octanol–water partition coefficient (Wildman–Crippen LogP) is 0.445. The summed E-state index contributed by atoms with van der Waals surface area (Å²) in [5.74, 6) is -2.30. The fraction of sp³-hybridized carbons (Fsp3) is 0.889. The maximum atomic E-state index is 12.2. The van der Waals surface area contributed by atoms with Crippen LogP contribution in [-0.2, 0) is 38.0 Å². The largest absolute Gasteiger partial charge is 0.457 e. The average molecular weight is 387 g/mol. The number of esters is 1. The molecule has 0 spiro atoms. The van der Waals surface area contributed by atoms with E-state index in [-0.39, 0.29) is 12.5 Å². The number of hydrogen-bond acceptors (Lipinski definition) is 8. The monoisotopic (exact) mass is 387 g/mol. The third-order valence-corrected chi connectivity index (χ3v) is 4.72. The quantitative estimate of drug-likeness (QED) is 0.495. The van der Waals surface area contributed by atoms with E-state index < -0.39 is 54.2 Å². The number of epoxide rings is 1. The van der Waals surface area contributed by atoms with Gasteiger partial charge in [-0.3, -0.25) is 9.59 Å². The van der Waals surface area contributed by atoms with Gasteiger partial charge in [-0.25, -0.2) is 0 Å². The zero-order valence-electron chi connectivity index (χ0n) is 16.9. The van der Waals surface area contributed by atoms with Crippen molar-refractivity contribution in [3.05, 3.63) is 0 Å². The van der Waals surface area contributed by atoms with Gasteiger partial charge in [-0.15, -0.1) is 0 Å². The second kappa shape index (κ2) is 6.97. The molecule has 0 bridgehead atoms. The molecule has 3 rings (SSSR count). The van der Waals surface area contributed by atoms with E-state index in [4.69, 9.17) is 28.4 Å². The van der Waals surface area contributed by atoms with Gasteiger partial charge in [0.2, 0.25) is 0 Å². The van der Waals surface area contributed by atoms with Crippen LogP contribution in [0, 0.1) is 0 Å². The van der Waals surface area contributed by atoms with E-state index in [1.807, 2.05) is 0 Å². The number of rotatable bonds is 5. The molecule has 27 heavy (non-hydrogen) atoms. The average Bonchev–Trinajstić information content (AvgIpc) is 3.14. The number of nitrogens with zero attached hydrogens (tertiary/aromatic N) is 1. The summed E-state index contributed by atoms with van der Waals surface area (Å²) in [5.41, 5.74) is 0. The van der Waals surface area contributed by atoms with E-state index in [9.17, 15) is 9.59 Å². The van der Waals surface area contributed by atoms with Crippen LogP contribution in [0.25, 0.3) is 0 Å². The van der Waals surface area contributed by atoms with Crippen LogP contribution in [0.4, 0.5) is 0 Å². The van der Waals surface area contributed by atoms with Gasteiger partial charge in [0, 0.05) is 21.0 Å². The molecule has 0 radical (unpaired) electrons. The van der Waals surface area contributed by atoms with Gasteiger partial charge in [0.05, 0.1) is 6.61 Å². The Morgan fingerprint density at radius 3 is 2.22 bits per heavy atom. The Hall–Kier alpha value is -1.26. The normalized spacial score (nSPS) is 37.7. The Morgan fingerprint density at radius 2 is 1.70 bits per heavy atom. The fourth-order valence-electron chi connectivity index (χ4n) is 3.58. The number of amides is 1. The molecular formula is C18H29NO8. The molecule has 3 saturated heterocycles. The first kappa shape index (κ1) is 20.5. The minimum atomic E-state index is -0.916. The van der Waals surface area contributed by atoms with E-state index in [0.29, 0.717) is 0 Å². The molecule has 154 valence electrons. The SMILES string of the molecule is CC(=O)O[C@@H]([C@@H]1OC(C)(C)O[C@@H]1[C@H]1O[C@@H]1C(=O)N(C)C)[C@H]1COC(C)(C)O1. The summed E-state index contributed by atoms with van der Waals surface area (Å²) in [4.78, 5) is 25.4. The van der Waals surface area contributed by atoms with Crippen molar-refractivity contribution < 1.29 is 38.0 Å². The first-order valence-electron chi connectivity index (χ1n) is 9.11. The molecule has 0 N–H and O–H groups in total. The minimum absolute atomic E-state index is 0.141. The number of hydrogen-bond donors (Lipinski definition) is 0. The Bertz CT molecular complexity index is 604. The minimum Gasteiger partial charge on any atom is -0.457 e. The van der Waals surface area contributed by atoms with Gasteiger partial charge in [-0.2, -0.15) is 0 Å². The van der Waals surface area contributed by atoms with Crippen molar-refractivity contribution in [1.82, 2.24) is 4.90 Å². The second-order valence-electron chi connectivity index (χ2n) is 8.26. The summed E-state index contributed by atoms with van der Waals surface area (Å²) in [7, 11) is 3.34. The standard InChI is InChI=1S/C18H29NO8/c1-9(20)23-11(10-8-22-17(2,3)25-10)13-14(27-18(4,5)26-13)12-15(24-12)16(21)19(6)7/h10-15H,8H2,1-7H3/t10-,11-,12-,13+,14-,15+/m1/s1. The van der Waals surface area contributed by atoms with Crippen LogP contribution < -0.4 is 0 Å². The second-order valence-corrected chi connectivity index (χ2v) is 8.26. The van der Waals surface area contributed by atoms with Crippen molar-refractivity contribution in [2.75, 3.05) is 20.7 Å². The molecule has 3 heterocycles. The lowest BCUT2D eigenvalue weighted by Crippen LogP contribution is -2.49. The summed E-state index contributed by atoms with van der Waals surface area (Å²) in [6, 6.07) is 0. The highest BCUT2D eigenvalue weighted by molar-refractivity contribution is 5.83. The lowest BCUT2D eigenvalue weighted by Gasteiger charge is -2.30. The molecule has 0 saturated carbocycles.